The Bertz CT molecular complexity index is 511. The summed E-state index contributed by atoms with van der Waals surface area (Å²) in [4.78, 5) is 0. The highest BCUT2D eigenvalue weighted by Crippen LogP contribution is 2.45. The van der Waals surface area contributed by atoms with Gasteiger partial charge in [0.2, 0.25) is 0 Å². The van der Waals surface area contributed by atoms with Crippen molar-refractivity contribution in [2.75, 3.05) is 5.32 Å². The molecule has 2 aliphatic carbocycles. The molecular formula is C16H19ClF3N. The van der Waals surface area contributed by atoms with Crippen molar-refractivity contribution in [3.8, 4) is 0 Å². The SMILES string of the molecule is FC(F)(F)c1cc(Cl)ccc1NC1CCCC(C2CC2)C1. The van der Waals surface area contributed by atoms with Crippen LogP contribution >= 0.6 is 11.6 Å². The first-order chi connectivity index (χ1) is 9.93. The van der Waals surface area contributed by atoms with Crippen molar-refractivity contribution >= 4 is 17.3 Å². The first kappa shape index (κ1) is 15.0. The lowest BCUT2D eigenvalue weighted by atomic mass is 9.82. The zero-order valence-electron chi connectivity index (χ0n) is 11.7. The molecule has 3 rings (SSSR count). The Balaban J connectivity index is 1.74. The van der Waals surface area contributed by atoms with Gasteiger partial charge in [-0.05, 0) is 55.7 Å². The Morgan fingerprint density at radius 1 is 1.05 bits per heavy atom. The van der Waals surface area contributed by atoms with E-state index in [9.17, 15) is 13.2 Å². The molecule has 2 saturated carbocycles. The normalized spacial score (nSPS) is 26.7. The van der Waals surface area contributed by atoms with Crippen molar-refractivity contribution in [3.63, 3.8) is 0 Å². The van der Waals surface area contributed by atoms with E-state index in [0.717, 1.165) is 31.2 Å². The molecule has 0 aliphatic heterocycles. The average Bonchev–Trinajstić information content (AvgIpc) is 3.24. The number of benzene rings is 1. The van der Waals surface area contributed by atoms with Gasteiger partial charge in [-0.1, -0.05) is 24.4 Å². The maximum Gasteiger partial charge on any atom is 0.418 e. The van der Waals surface area contributed by atoms with Crippen LogP contribution in [0.3, 0.4) is 0 Å². The van der Waals surface area contributed by atoms with Gasteiger partial charge in [-0.2, -0.15) is 13.2 Å². The van der Waals surface area contributed by atoms with Gasteiger partial charge in [-0.15, -0.1) is 0 Å². The quantitative estimate of drug-likeness (QED) is 0.749. The Hall–Kier alpha value is -0.900. The fraction of sp³-hybridized carbons (Fsp3) is 0.625. The Morgan fingerprint density at radius 2 is 1.81 bits per heavy atom. The van der Waals surface area contributed by atoms with Crippen molar-refractivity contribution in [2.45, 2.75) is 50.7 Å². The van der Waals surface area contributed by atoms with Gasteiger partial charge in [0.1, 0.15) is 0 Å². The Labute approximate surface area is 127 Å². The van der Waals surface area contributed by atoms with Gasteiger partial charge < -0.3 is 5.32 Å². The van der Waals surface area contributed by atoms with Gasteiger partial charge in [0, 0.05) is 16.8 Å². The molecule has 0 bridgehead atoms. The molecule has 116 valence electrons. The summed E-state index contributed by atoms with van der Waals surface area (Å²) in [5, 5.41) is 3.24. The molecule has 2 unspecified atom stereocenters. The molecule has 1 N–H and O–H groups in total. The van der Waals surface area contributed by atoms with E-state index < -0.39 is 11.7 Å². The molecule has 0 amide bonds. The van der Waals surface area contributed by atoms with Crippen molar-refractivity contribution in [1.29, 1.82) is 0 Å². The number of hydrogen-bond acceptors (Lipinski definition) is 1. The number of nitrogens with one attached hydrogen (secondary N) is 1. The molecule has 0 spiro atoms. The molecule has 1 aromatic rings. The maximum absolute atomic E-state index is 13.1. The van der Waals surface area contributed by atoms with Crippen molar-refractivity contribution in [2.24, 2.45) is 11.8 Å². The molecule has 2 atom stereocenters. The topological polar surface area (TPSA) is 12.0 Å². The molecule has 1 aromatic carbocycles. The molecule has 0 heterocycles. The fourth-order valence-electron chi connectivity index (χ4n) is 3.45. The summed E-state index contributed by atoms with van der Waals surface area (Å²) < 4.78 is 39.3. The zero-order valence-corrected chi connectivity index (χ0v) is 12.5. The lowest BCUT2D eigenvalue weighted by molar-refractivity contribution is -0.137. The van der Waals surface area contributed by atoms with Crippen LogP contribution in [0.15, 0.2) is 18.2 Å². The van der Waals surface area contributed by atoms with Gasteiger partial charge in [0.25, 0.3) is 0 Å². The van der Waals surface area contributed by atoms with Crippen molar-refractivity contribution in [1.82, 2.24) is 0 Å². The van der Waals surface area contributed by atoms with Gasteiger partial charge in [-0.25, -0.2) is 0 Å². The van der Waals surface area contributed by atoms with E-state index in [0.29, 0.717) is 5.92 Å². The maximum atomic E-state index is 13.1. The number of rotatable bonds is 3. The minimum atomic E-state index is -4.38. The second-order valence-corrected chi connectivity index (χ2v) is 6.73. The second-order valence-electron chi connectivity index (χ2n) is 6.29. The van der Waals surface area contributed by atoms with Crippen LogP contribution < -0.4 is 5.32 Å². The molecule has 0 saturated heterocycles. The minimum absolute atomic E-state index is 0.118. The van der Waals surface area contributed by atoms with E-state index in [2.05, 4.69) is 5.32 Å². The summed E-state index contributed by atoms with van der Waals surface area (Å²) >= 11 is 5.71. The van der Waals surface area contributed by atoms with Gasteiger partial charge in [0.05, 0.1) is 5.56 Å². The summed E-state index contributed by atoms with van der Waals surface area (Å²) in [5.74, 6) is 1.51. The van der Waals surface area contributed by atoms with Crippen LogP contribution in [0, 0.1) is 11.8 Å². The van der Waals surface area contributed by atoms with Crippen molar-refractivity contribution in [3.05, 3.63) is 28.8 Å². The second kappa shape index (κ2) is 5.71. The molecule has 2 fully saturated rings. The average molecular weight is 318 g/mol. The third-order valence-corrected chi connectivity index (χ3v) is 4.89. The number of halogens is 4. The monoisotopic (exact) mass is 317 g/mol. The van der Waals surface area contributed by atoms with E-state index in [1.54, 1.807) is 0 Å². The summed E-state index contributed by atoms with van der Waals surface area (Å²) in [6, 6.07) is 4.11. The van der Waals surface area contributed by atoms with Crippen LogP contribution in [0.1, 0.15) is 44.1 Å². The van der Waals surface area contributed by atoms with Crippen molar-refractivity contribution < 1.29 is 13.2 Å². The van der Waals surface area contributed by atoms with Gasteiger partial charge >= 0.3 is 6.18 Å². The van der Waals surface area contributed by atoms with E-state index in [4.69, 9.17) is 11.6 Å². The van der Waals surface area contributed by atoms with E-state index >= 15 is 0 Å². The third kappa shape index (κ3) is 3.65. The fourth-order valence-corrected chi connectivity index (χ4v) is 3.62. The third-order valence-electron chi connectivity index (χ3n) is 4.65. The first-order valence-electron chi connectivity index (χ1n) is 7.57. The van der Waals surface area contributed by atoms with Crippen LogP contribution in [0.2, 0.25) is 5.02 Å². The summed E-state index contributed by atoms with van der Waals surface area (Å²) in [5.41, 5.74) is -0.503. The smallest absolute Gasteiger partial charge is 0.382 e. The van der Waals surface area contributed by atoms with Gasteiger partial charge in [-0.3, -0.25) is 0 Å². The van der Waals surface area contributed by atoms with Crippen LogP contribution in [0.4, 0.5) is 18.9 Å². The van der Waals surface area contributed by atoms with Crippen LogP contribution in [-0.2, 0) is 6.18 Å². The molecular weight excluding hydrogens is 299 g/mol. The van der Waals surface area contributed by atoms with Crippen LogP contribution in [-0.4, -0.2) is 6.04 Å². The summed E-state index contributed by atoms with van der Waals surface area (Å²) in [7, 11) is 0. The minimum Gasteiger partial charge on any atom is -0.382 e. The molecule has 21 heavy (non-hydrogen) atoms. The number of alkyl halides is 3. The Kier molecular flexibility index (Phi) is 4.08. The standard InChI is InChI=1S/C16H19ClF3N/c17-12-6-7-15(14(9-12)16(18,19)20)21-13-3-1-2-11(8-13)10-4-5-10/h6-7,9-11,13,21H,1-5,8H2. The Morgan fingerprint density at radius 3 is 2.48 bits per heavy atom. The first-order valence-corrected chi connectivity index (χ1v) is 7.94. The predicted molar refractivity (Wildman–Crippen MR) is 78.5 cm³/mol. The largest absolute Gasteiger partial charge is 0.418 e. The van der Waals surface area contributed by atoms with Crippen LogP contribution in [0.5, 0.6) is 0 Å². The highest BCUT2D eigenvalue weighted by atomic mass is 35.5. The van der Waals surface area contributed by atoms with E-state index in [-0.39, 0.29) is 16.8 Å². The molecule has 0 radical (unpaired) electrons. The predicted octanol–water partition coefficient (Wildman–Crippen LogP) is 5.74. The van der Waals surface area contributed by atoms with E-state index in [1.165, 1.54) is 31.4 Å². The number of anilines is 1. The summed E-state index contributed by atoms with van der Waals surface area (Å²) in [6.45, 7) is 0. The highest BCUT2D eigenvalue weighted by Gasteiger charge is 2.37. The highest BCUT2D eigenvalue weighted by molar-refractivity contribution is 6.30. The lowest BCUT2D eigenvalue weighted by Crippen LogP contribution is -2.29. The van der Waals surface area contributed by atoms with E-state index in [1.807, 2.05) is 0 Å². The molecule has 0 aromatic heterocycles. The van der Waals surface area contributed by atoms with Crippen LogP contribution in [0.25, 0.3) is 0 Å². The number of hydrogen-bond donors (Lipinski definition) is 1. The molecule has 5 heteroatoms. The molecule has 1 nitrogen and oxygen atoms in total. The lowest BCUT2D eigenvalue weighted by Gasteiger charge is -2.31. The zero-order chi connectivity index (χ0) is 15.0. The molecule has 2 aliphatic rings. The van der Waals surface area contributed by atoms with Gasteiger partial charge in [0.15, 0.2) is 0 Å². The summed E-state index contributed by atoms with van der Waals surface area (Å²) in [6.07, 6.45) is 2.49.